The molecule has 5 nitrogen and oxygen atoms in total. The van der Waals surface area contributed by atoms with Crippen LogP contribution in [-0.2, 0) is 0 Å². The monoisotopic (exact) mass is 452 g/mol. The second kappa shape index (κ2) is 10.0. The Hall–Kier alpha value is -3.45. The molecule has 0 atom stereocenters. The van der Waals surface area contributed by atoms with Crippen molar-refractivity contribution in [2.45, 2.75) is 6.04 Å². The Morgan fingerprint density at radius 2 is 1.21 bits per heavy atom. The molecule has 3 aromatic rings. The highest BCUT2D eigenvalue weighted by molar-refractivity contribution is 5.95. The van der Waals surface area contributed by atoms with Crippen molar-refractivity contribution < 1.29 is 23.0 Å². The average molecular weight is 453 g/mol. The molecule has 4 rings (SSSR count). The summed E-state index contributed by atoms with van der Waals surface area (Å²) in [5, 5.41) is 0. The van der Waals surface area contributed by atoms with E-state index >= 15 is 0 Å². The zero-order valence-electron chi connectivity index (χ0n) is 18.6. The number of halogens is 2. The van der Waals surface area contributed by atoms with E-state index in [2.05, 4.69) is 4.90 Å². The normalized spacial score (nSPS) is 14.4. The van der Waals surface area contributed by atoms with Gasteiger partial charge in [-0.1, -0.05) is 24.3 Å². The molecule has 0 aromatic heterocycles. The summed E-state index contributed by atoms with van der Waals surface area (Å²) < 4.78 is 37.6. The van der Waals surface area contributed by atoms with Crippen molar-refractivity contribution in [3.05, 3.63) is 95.1 Å². The van der Waals surface area contributed by atoms with Gasteiger partial charge < -0.3 is 14.4 Å². The molecule has 33 heavy (non-hydrogen) atoms. The maximum atomic E-state index is 13.5. The van der Waals surface area contributed by atoms with Crippen LogP contribution in [0.15, 0.2) is 66.7 Å². The van der Waals surface area contributed by atoms with Gasteiger partial charge in [0.25, 0.3) is 5.91 Å². The van der Waals surface area contributed by atoms with E-state index in [1.807, 2.05) is 0 Å². The van der Waals surface area contributed by atoms with E-state index in [1.54, 1.807) is 61.6 Å². The Morgan fingerprint density at radius 3 is 1.64 bits per heavy atom. The van der Waals surface area contributed by atoms with Crippen molar-refractivity contribution in [2.75, 3.05) is 40.4 Å². The predicted octanol–water partition coefficient (Wildman–Crippen LogP) is 4.53. The number of methoxy groups -OCH3 is 2. The topological polar surface area (TPSA) is 42.0 Å². The molecule has 0 spiro atoms. The van der Waals surface area contributed by atoms with Gasteiger partial charge in [-0.05, 0) is 47.5 Å². The second-order valence-electron chi connectivity index (χ2n) is 7.94. The molecule has 0 N–H and O–H groups in total. The van der Waals surface area contributed by atoms with Crippen molar-refractivity contribution in [3.8, 4) is 11.5 Å². The third kappa shape index (κ3) is 5.14. The van der Waals surface area contributed by atoms with Gasteiger partial charge in [0, 0.05) is 37.8 Å². The number of nitrogens with zero attached hydrogens (tertiary/aromatic N) is 2. The molecule has 7 heteroatoms. The van der Waals surface area contributed by atoms with Gasteiger partial charge in [0.2, 0.25) is 0 Å². The zero-order valence-corrected chi connectivity index (χ0v) is 18.6. The lowest BCUT2D eigenvalue weighted by Crippen LogP contribution is -2.49. The van der Waals surface area contributed by atoms with E-state index in [0.717, 1.165) is 11.1 Å². The van der Waals surface area contributed by atoms with E-state index in [-0.39, 0.29) is 23.6 Å². The molecule has 1 aliphatic heterocycles. The Morgan fingerprint density at radius 1 is 0.758 bits per heavy atom. The van der Waals surface area contributed by atoms with Crippen LogP contribution in [-0.4, -0.2) is 56.1 Å². The van der Waals surface area contributed by atoms with Crippen LogP contribution in [0, 0.1) is 11.6 Å². The molecule has 0 radical (unpaired) electrons. The molecule has 1 fully saturated rings. The summed E-state index contributed by atoms with van der Waals surface area (Å²) in [6, 6.07) is 17.7. The molecule has 0 saturated carbocycles. The van der Waals surface area contributed by atoms with Crippen molar-refractivity contribution in [1.82, 2.24) is 9.80 Å². The minimum absolute atomic E-state index is 0.0908. The van der Waals surface area contributed by atoms with Crippen LogP contribution in [0.1, 0.15) is 27.5 Å². The first-order chi connectivity index (χ1) is 16.0. The SMILES string of the molecule is COc1cc(OC)cc(C(=O)N2CCN(C(c3ccc(F)cc3)c3ccc(F)cc3)CC2)c1. The molecule has 1 amide bonds. The first kappa shape index (κ1) is 22.7. The lowest BCUT2D eigenvalue weighted by atomic mass is 9.96. The number of carbonyl (C=O) groups is 1. The fourth-order valence-corrected chi connectivity index (χ4v) is 4.20. The Bertz CT molecular complexity index is 1030. The van der Waals surface area contributed by atoms with Crippen molar-refractivity contribution in [2.24, 2.45) is 0 Å². The zero-order chi connectivity index (χ0) is 23.4. The lowest BCUT2D eigenvalue weighted by Gasteiger charge is -2.40. The quantitative estimate of drug-likeness (QED) is 0.551. The fourth-order valence-electron chi connectivity index (χ4n) is 4.20. The predicted molar refractivity (Wildman–Crippen MR) is 122 cm³/mol. The highest BCUT2D eigenvalue weighted by Crippen LogP contribution is 2.31. The van der Waals surface area contributed by atoms with Gasteiger partial charge in [0.15, 0.2) is 0 Å². The summed E-state index contributed by atoms with van der Waals surface area (Å²) in [5.41, 5.74) is 2.34. The number of hydrogen-bond donors (Lipinski definition) is 0. The van der Waals surface area contributed by atoms with Gasteiger partial charge in [0.1, 0.15) is 23.1 Å². The van der Waals surface area contributed by atoms with Gasteiger partial charge in [0.05, 0.1) is 20.3 Å². The van der Waals surface area contributed by atoms with Crippen LogP contribution < -0.4 is 9.47 Å². The second-order valence-corrected chi connectivity index (χ2v) is 7.94. The summed E-state index contributed by atoms with van der Waals surface area (Å²) in [6.45, 7) is 2.28. The van der Waals surface area contributed by atoms with Crippen LogP contribution in [0.2, 0.25) is 0 Å². The maximum absolute atomic E-state index is 13.5. The van der Waals surface area contributed by atoms with Crippen molar-refractivity contribution >= 4 is 5.91 Å². The molecule has 0 unspecified atom stereocenters. The first-order valence-electron chi connectivity index (χ1n) is 10.8. The molecular weight excluding hydrogens is 426 g/mol. The highest BCUT2D eigenvalue weighted by atomic mass is 19.1. The van der Waals surface area contributed by atoms with Crippen LogP contribution in [0.3, 0.4) is 0 Å². The molecule has 1 aliphatic rings. The van der Waals surface area contributed by atoms with Crippen molar-refractivity contribution in [1.29, 1.82) is 0 Å². The molecule has 0 bridgehead atoms. The lowest BCUT2D eigenvalue weighted by molar-refractivity contribution is 0.0596. The van der Waals surface area contributed by atoms with Crippen LogP contribution in [0.25, 0.3) is 0 Å². The van der Waals surface area contributed by atoms with E-state index in [0.29, 0.717) is 43.2 Å². The van der Waals surface area contributed by atoms with Gasteiger partial charge in [-0.15, -0.1) is 0 Å². The summed E-state index contributed by atoms with van der Waals surface area (Å²) in [6.07, 6.45) is 0. The molecular formula is C26H26F2N2O3. The molecule has 1 heterocycles. The van der Waals surface area contributed by atoms with Gasteiger partial charge >= 0.3 is 0 Å². The van der Waals surface area contributed by atoms with E-state index in [1.165, 1.54) is 24.3 Å². The summed E-state index contributed by atoms with van der Waals surface area (Å²) in [4.78, 5) is 17.2. The molecule has 172 valence electrons. The van der Waals surface area contributed by atoms with Crippen LogP contribution in [0.5, 0.6) is 11.5 Å². The fraction of sp³-hybridized carbons (Fsp3) is 0.269. The van der Waals surface area contributed by atoms with E-state index < -0.39 is 0 Å². The van der Waals surface area contributed by atoms with E-state index in [4.69, 9.17) is 9.47 Å². The number of hydrogen-bond acceptors (Lipinski definition) is 4. The Kier molecular flexibility index (Phi) is 6.89. The largest absolute Gasteiger partial charge is 0.497 e. The first-order valence-corrected chi connectivity index (χ1v) is 10.8. The van der Waals surface area contributed by atoms with Crippen LogP contribution >= 0.6 is 0 Å². The number of piperazine rings is 1. The number of benzene rings is 3. The number of ether oxygens (including phenoxy) is 2. The summed E-state index contributed by atoms with van der Waals surface area (Å²) in [5.74, 6) is 0.418. The number of carbonyl (C=O) groups excluding carboxylic acids is 1. The van der Waals surface area contributed by atoms with Gasteiger partial charge in [-0.25, -0.2) is 8.78 Å². The minimum atomic E-state index is -0.305. The Labute approximate surface area is 192 Å². The van der Waals surface area contributed by atoms with Crippen molar-refractivity contribution in [3.63, 3.8) is 0 Å². The van der Waals surface area contributed by atoms with Gasteiger partial charge in [-0.2, -0.15) is 0 Å². The maximum Gasteiger partial charge on any atom is 0.254 e. The Balaban J connectivity index is 1.53. The number of amides is 1. The summed E-state index contributed by atoms with van der Waals surface area (Å²) >= 11 is 0. The summed E-state index contributed by atoms with van der Waals surface area (Å²) in [7, 11) is 3.10. The number of rotatable bonds is 6. The van der Waals surface area contributed by atoms with E-state index in [9.17, 15) is 13.6 Å². The third-order valence-corrected chi connectivity index (χ3v) is 5.94. The third-order valence-electron chi connectivity index (χ3n) is 5.94. The molecule has 1 saturated heterocycles. The standard InChI is InChI=1S/C26H26F2N2O3/c1-32-23-15-20(16-24(17-23)33-2)26(31)30-13-11-29(12-14-30)25(18-3-7-21(27)8-4-18)19-5-9-22(28)10-6-19/h3-10,15-17,25H,11-14H2,1-2H3. The molecule has 3 aromatic carbocycles. The smallest absolute Gasteiger partial charge is 0.254 e. The van der Waals surface area contributed by atoms with Crippen LogP contribution in [0.4, 0.5) is 8.78 Å². The molecule has 0 aliphatic carbocycles. The van der Waals surface area contributed by atoms with Gasteiger partial charge in [-0.3, -0.25) is 9.69 Å². The minimum Gasteiger partial charge on any atom is -0.497 e. The highest BCUT2D eigenvalue weighted by Gasteiger charge is 2.29. The average Bonchev–Trinajstić information content (AvgIpc) is 2.86.